The fraction of sp³-hybridized carbons (Fsp3) is 0.462. The van der Waals surface area contributed by atoms with Gasteiger partial charge in [0.2, 0.25) is 5.88 Å². The zero-order valence-electron chi connectivity index (χ0n) is 21.6. The Morgan fingerprint density at radius 1 is 1.24 bits per heavy atom. The number of fused-ring (bicyclic) bond motifs is 4. The molecule has 4 heterocycles. The number of halogens is 1. The lowest BCUT2D eigenvalue weighted by molar-refractivity contribution is -0.123. The molecule has 1 aromatic carbocycles. The van der Waals surface area contributed by atoms with Crippen molar-refractivity contribution in [3.8, 4) is 11.6 Å². The Morgan fingerprint density at radius 2 is 2.08 bits per heavy atom. The average molecular weight is 526 g/mol. The van der Waals surface area contributed by atoms with E-state index in [-0.39, 0.29) is 35.8 Å². The molecule has 202 valence electrons. The molecule has 5 rings (SSSR count). The molecule has 3 aromatic rings. The van der Waals surface area contributed by atoms with E-state index in [0.29, 0.717) is 56.4 Å². The Hall–Kier alpha value is -3.93. The number of benzene rings is 1. The lowest BCUT2D eigenvalue weighted by Gasteiger charge is -2.35. The summed E-state index contributed by atoms with van der Waals surface area (Å²) >= 11 is 0. The number of amides is 2. The molecule has 11 nitrogen and oxygen atoms in total. The maximum absolute atomic E-state index is 14.3. The summed E-state index contributed by atoms with van der Waals surface area (Å²) in [6, 6.07) is 5.29. The number of aromatic nitrogens is 3. The molecule has 1 atom stereocenters. The molecule has 0 spiro atoms. The molecular weight excluding hydrogens is 493 g/mol. The maximum Gasteiger partial charge on any atom is 0.258 e. The number of hydrogen-bond acceptors (Lipinski definition) is 8. The first-order chi connectivity index (χ1) is 18.4. The van der Waals surface area contributed by atoms with Crippen molar-refractivity contribution in [2.75, 3.05) is 51.3 Å². The molecule has 1 saturated heterocycles. The number of nitrogens with two attached hydrogens (primary N) is 1. The number of piperidine rings is 1. The highest BCUT2D eigenvalue weighted by molar-refractivity contribution is 5.97. The Kier molecular flexibility index (Phi) is 7.32. The molecule has 2 aliphatic rings. The number of ether oxygens (including phenoxy) is 2. The Bertz CT molecular complexity index is 1360. The van der Waals surface area contributed by atoms with Crippen molar-refractivity contribution in [1.82, 2.24) is 24.8 Å². The van der Waals surface area contributed by atoms with Crippen LogP contribution in [0.25, 0.3) is 5.65 Å². The second-order valence-corrected chi connectivity index (χ2v) is 9.55. The SMILES string of the molecule is Cc1c(OCCN)nc2cc3nn2c1N(C)CCNC(=O)COc1ccc(F)cc1C(=O)N1CCCCC31. The molecule has 38 heavy (non-hydrogen) atoms. The number of hydrogen-bond donors (Lipinski definition) is 2. The van der Waals surface area contributed by atoms with Crippen molar-refractivity contribution < 1.29 is 23.5 Å². The third-order valence-corrected chi connectivity index (χ3v) is 6.91. The van der Waals surface area contributed by atoms with Gasteiger partial charge < -0.3 is 30.3 Å². The van der Waals surface area contributed by atoms with Gasteiger partial charge in [-0.2, -0.15) is 14.6 Å². The first-order valence-electron chi connectivity index (χ1n) is 12.8. The molecular formula is C26H32FN7O4. The van der Waals surface area contributed by atoms with E-state index >= 15 is 0 Å². The van der Waals surface area contributed by atoms with Gasteiger partial charge in [-0.1, -0.05) is 0 Å². The Balaban J connectivity index is 1.65. The van der Waals surface area contributed by atoms with E-state index in [4.69, 9.17) is 25.3 Å². The van der Waals surface area contributed by atoms with Crippen molar-refractivity contribution in [2.24, 2.45) is 5.73 Å². The molecule has 2 aromatic heterocycles. The predicted octanol–water partition coefficient (Wildman–Crippen LogP) is 1.83. The van der Waals surface area contributed by atoms with Crippen LogP contribution in [0.4, 0.5) is 10.2 Å². The van der Waals surface area contributed by atoms with Gasteiger partial charge in [0.1, 0.15) is 24.0 Å². The van der Waals surface area contributed by atoms with E-state index in [0.717, 1.165) is 30.3 Å². The van der Waals surface area contributed by atoms with Gasteiger partial charge in [0.25, 0.3) is 11.8 Å². The normalized spacial score (nSPS) is 18.7. The van der Waals surface area contributed by atoms with Crippen LogP contribution in [-0.4, -0.2) is 77.8 Å². The predicted molar refractivity (Wildman–Crippen MR) is 138 cm³/mol. The number of carbonyl (C=O) groups is 2. The van der Waals surface area contributed by atoms with E-state index in [1.165, 1.54) is 12.1 Å². The number of nitrogens with one attached hydrogen (secondary N) is 1. The van der Waals surface area contributed by atoms with Gasteiger partial charge in [0, 0.05) is 39.3 Å². The van der Waals surface area contributed by atoms with Crippen LogP contribution in [0.1, 0.15) is 46.9 Å². The number of likely N-dealkylation sites (N-methyl/N-ethyl adjacent to an activating group) is 1. The number of rotatable bonds is 3. The highest BCUT2D eigenvalue weighted by Crippen LogP contribution is 2.35. The second kappa shape index (κ2) is 10.8. The number of anilines is 1. The summed E-state index contributed by atoms with van der Waals surface area (Å²) < 4.78 is 27.5. The number of carbonyl (C=O) groups excluding carboxylic acids is 2. The van der Waals surface area contributed by atoms with Gasteiger partial charge >= 0.3 is 0 Å². The largest absolute Gasteiger partial charge is 0.483 e. The molecule has 3 N–H and O–H groups in total. The van der Waals surface area contributed by atoms with Crippen molar-refractivity contribution >= 4 is 23.3 Å². The lowest BCUT2D eigenvalue weighted by Crippen LogP contribution is -2.39. The fourth-order valence-electron chi connectivity index (χ4n) is 5.07. The van der Waals surface area contributed by atoms with Gasteiger partial charge in [0.15, 0.2) is 12.3 Å². The summed E-state index contributed by atoms with van der Waals surface area (Å²) in [5.74, 6) is 0.0883. The van der Waals surface area contributed by atoms with E-state index in [1.807, 2.05) is 24.9 Å². The minimum atomic E-state index is -0.557. The average Bonchev–Trinajstić information content (AvgIpc) is 3.33. The zero-order chi connectivity index (χ0) is 26.8. The Morgan fingerprint density at radius 3 is 2.89 bits per heavy atom. The summed E-state index contributed by atoms with van der Waals surface area (Å²) in [6.45, 7) is 3.56. The van der Waals surface area contributed by atoms with Crippen molar-refractivity contribution in [1.29, 1.82) is 0 Å². The van der Waals surface area contributed by atoms with E-state index in [1.54, 1.807) is 9.42 Å². The van der Waals surface area contributed by atoms with Crippen LogP contribution >= 0.6 is 0 Å². The van der Waals surface area contributed by atoms with E-state index in [2.05, 4.69) is 5.32 Å². The topological polar surface area (TPSA) is 127 Å². The van der Waals surface area contributed by atoms with Gasteiger partial charge in [-0.15, -0.1) is 0 Å². The molecule has 0 aliphatic carbocycles. The lowest BCUT2D eigenvalue weighted by atomic mass is 9.98. The molecule has 2 aliphatic heterocycles. The third-order valence-electron chi connectivity index (χ3n) is 6.91. The summed E-state index contributed by atoms with van der Waals surface area (Å²) in [6.07, 6.45) is 2.43. The van der Waals surface area contributed by atoms with Crippen molar-refractivity contribution in [2.45, 2.75) is 32.2 Å². The Labute approximate surface area is 219 Å². The highest BCUT2D eigenvalue weighted by Gasteiger charge is 2.33. The molecule has 1 fully saturated rings. The van der Waals surface area contributed by atoms with E-state index < -0.39 is 5.82 Å². The molecule has 2 amide bonds. The van der Waals surface area contributed by atoms with Crippen LogP contribution in [0.15, 0.2) is 24.3 Å². The third kappa shape index (κ3) is 4.95. The molecule has 12 heteroatoms. The maximum atomic E-state index is 14.3. The monoisotopic (exact) mass is 525 g/mol. The molecule has 0 saturated carbocycles. The fourth-order valence-corrected chi connectivity index (χ4v) is 5.07. The zero-order valence-corrected chi connectivity index (χ0v) is 21.6. The van der Waals surface area contributed by atoms with Crippen molar-refractivity contribution in [3.05, 3.63) is 46.9 Å². The first kappa shape index (κ1) is 25.7. The van der Waals surface area contributed by atoms with Gasteiger partial charge in [-0.05, 0) is 44.4 Å². The first-order valence-corrected chi connectivity index (χ1v) is 12.8. The van der Waals surface area contributed by atoms with Crippen LogP contribution in [-0.2, 0) is 4.79 Å². The standard InChI is InChI=1S/C26H32FN7O4/c1-16-24(37-12-8-28)30-22-14-19-20-5-3-4-10-33(20)26(36)18-13-17(27)6-7-21(18)38-15-23(35)29-9-11-32(2)25(16)34(22)31-19/h6-7,13-14,20H,3-5,8-12,15,28H2,1-2H3,(H,29,35). The minimum Gasteiger partial charge on any atom is -0.483 e. The van der Waals surface area contributed by atoms with Gasteiger partial charge in [-0.3, -0.25) is 9.59 Å². The molecule has 2 bridgehead atoms. The molecule has 0 radical (unpaired) electrons. The van der Waals surface area contributed by atoms with Gasteiger partial charge in [-0.25, -0.2) is 4.39 Å². The highest BCUT2D eigenvalue weighted by atomic mass is 19.1. The molecule has 1 unspecified atom stereocenters. The van der Waals surface area contributed by atoms with Crippen molar-refractivity contribution in [3.63, 3.8) is 0 Å². The van der Waals surface area contributed by atoms with Crippen LogP contribution in [0.5, 0.6) is 11.6 Å². The van der Waals surface area contributed by atoms with Crippen LogP contribution in [0, 0.1) is 12.7 Å². The van der Waals surface area contributed by atoms with Crippen LogP contribution in [0.2, 0.25) is 0 Å². The van der Waals surface area contributed by atoms with Crippen LogP contribution in [0.3, 0.4) is 0 Å². The smallest absolute Gasteiger partial charge is 0.258 e. The quantitative estimate of drug-likeness (QED) is 0.530. The summed E-state index contributed by atoms with van der Waals surface area (Å²) in [4.78, 5) is 34.7. The summed E-state index contributed by atoms with van der Waals surface area (Å²) in [7, 11) is 1.91. The number of nitrogens with zero attached hydrogens (tertiary/aromatic N) is 5. The van der Waals surface area contributed by atoms with E-state index in [9.17, 15) is 14.0 Å². The van der Waals surface area contributed by atoms with Gasteiger partial charge in [0.05, 0.1) is 22.9 Å². The summed E-state index contributed by atoms with van der Waals surface area (Å²) in [5.41, 5.74) is 7.77. The summed E-state index contributed by atoms with van der Waals surface area (Å²) in [5, 5.41) is 7.74. The van der Waals surface area contributed by atoms with Crippen LogP contribution < -0.4 is 25.4 Å². The second-order valence-electron chi connectivity index (χ2n) is 9.55. The minimum absolute atomic E-state index is 0.0763.